The summed E-state index contributed by atoms with van der Waals surface area (Å²) in [4.78, 5) is 23.7. The average molecular weight is 377 g/mol. The molecule has 2 heterocycles. The van der Waals surface area contributed by atoms with Gasteiger partial charge >= 0.3 is 5.97 Å². The van der Waals surface area contributed by atoms with Gasteiger partial charge in [-0.15, -0.1) is 5.54 Å². The van der Waals surface area contributed by atoms with Gasteiger partial charge in [0.05, 0.1) is 0 Å². The zero-order valence-electron chi connectivity index (χ0n) is 16.4. The highest BCUT2D eigenvalue weighted by molar-refractivity contribution is 6.84. The van der Waals surface area contributed by atoms with Crippen molar-refractivity contribution < 1.29 is 23.8 Å². The van der Waals surface area contributed by atoms with Gasteiger partial charge in [0.2, 0.25) is 5.78 Å². The van der Waals surface area contributed by atoms with Gasteiger partial charge in [-0.05, 0) is 32.8 Å². The highest BCUT2D eigenvalue weighted by Crippen LogP contribution is 2.39. The molecule has 5 nitrogen and oxygen atoms in total. The maximum Gasteiger partial charge on any atom is 0.331 e. The smallest absolute Gasteiger partial charge is 0.331 e. The number of rotatable bonds is 4. The Morgan fingerprint density at radius 2 is 2.04 bits per heavy atom. The van der Waals surface area contributed by atoms with E-state index in [1.165, 1.54) is 6.08 Å². The molecule has 0 unspecified atom stereocenters. The van der Waals surface area contributed by atoms with Crippen LogP contribution in [-0.4, -0.2) is 43.4 Å². The third-order valence-corrected chi connectivity index (χ3v) is 4.89. The molecule has 1 saturated heterocycles. The zero-order chi connectivity index (χ0) is 19.6. The number of ether oxygens (including phenoxy) is 3. The lowest BCUT2D eigenvalue weighted by molar-refractivity contribution is -0.154. The van der Waals surface area contributed by atoms with E-state index in [4.69, 9.17) is 14.2 Å². The van der Waals surface area contributed by atoms with E-state index >= 15 is 0 Å². The normalized spacial score (nSPS) is 30.8. The van der Waals surface area contributed by atoms with Crippen molar-refractivity contribution in [3.63, 3.8) is 0 Å². The van der Waals surface area contributed by atoms with Crippen LogP contribution in [0.4, 0.5) is 0 Å². The van der Waals surface area contributed by atoms with E-state index in [9.17, 15) is 9.59 Å². The molecule has 142 valence electrons. The molecule has 0 amide bonds. The lowest BCUT2D eigenvalue weighted by Crippen LogP contribution is -2.36. The maximum absolute atomic E-state index is 12.3. The van der Waals surface area contributed by atoms with Gasteiger partial charge in [0.1, 0.15) is 25.9 Å². The molecule has 0 aliphatic carbocycles. The number of carbonyl (C=O) groups excluding carboxylic acids is 2. The number of Topliss-reactive ketones (excluding diaryl/α,β-unsaturated/α-hetero) is 1. The summed E-state index contributed by atoms with van der Waals surface area (Å²) >= 11 is 0. The highest BCUT2D eigenvalue weighted by Gasteiger charge is 2.49. The van der Waals surface area contributed by atoms with Crippen LogP contribution in [0.1, 0.15) is 33.6 Å². The molecule has 0 N–H and O–H groups in total. The molecule has 0 aromatic rings. The predicted octanol–water partition coefficient (Wildman–Crippen LogP) is 3.16. The second-order valence-electron chi connectivity index (χ2n) is 8.39. The number of esters is 1. The molecular formula is C20H28O5Si. The quantitative estimate of drug-likeness (QED) is 0.326. The lowest BCUT2D eigenvalue weighted by atomic mass is 9.93. The van der Waals surface area contributed by atoms with Gasteiger partial charge in [0, 0.05) is 18.9 Å². The van der Waals surface area contributed by atoms with Crippen LogP contribution in [0.2, 0.25) is 19.6 Å². The minimum Gasteiger partial charge on any atom is -0.455 e. The van der Waals surface area contributed by atoms with Crippen LogP contribution in [0.5, 0.6) is 0 Å². The third kappa shape index (κ3) is 5.94. The molecule has 26 heavy (non-hydrogen) atoms. The molecule has 0 radical (unpaired) electrons. The summed E-state index contributed by atoms with van der Waals surface area (Å²) in [5.74, 6) is 1.45. The van der Waals surface area contributed by atoms with Crippen molar-refractivity contribution in [3.8, 4) is 11.5 Å². The fraction of sp³-hybridized carbons (Fsp3) is 0.600. The van der Waals surface area contributed by atoms with E-state index in [0.29, 0.717) is 6.42 Å². The Kier molecular flexibility index (Phi) is 5.96. The number of carbonyl (C=O) groups is 2. The number of ketones is 1. The summed E-state index contributed by atoms with van der Waals surface area (Å²) in [5, 5.41) is 0. The number of hydrogen-bond acceptors (Lipinski definition) is 5. The molecule has 0 aromatic heterocycles. The van der Waals surface area contributed by atoms with Crippen LogP contribution in [-0.2, 0) is 23.8 Å². The topological polar surface area (TPSA) is 61.8 Å². The van der Waals surface area contributed by atoms with Gasteiger partial charge in [-0.1, -0.05) is 31.8 Å². The van der Waals surface area contributed by atoms with Crippen molar-refractivity contribution in [2.45, 2.75) is 76.8 Å². The summed E-state index contributed by atoms with van der Waals surface area (Å²) in [6.45, 7) is 11.8. The molecule has 0 saturated carbocycles. The SMILES string of the molecule is CC1(C)O[C@H](CC(=O)C#C[Si](C)(C)C)[C@@](C)(C=C[C@H]2CC=CC(=O)O2)O1. The van der Waals surface area contributed by atoms with Gasteiger partial charge in [-0.3, -0.25) is 4.79 Å². The Balaban J connectivity index is 2.12. The van der Waals surface area contributed by atoms with Crippen LogP contribution in [0.15, 0.2) is 24.3 Å². The van der Waals surface area contributed by atoms with E-state index in [1.54, 1.807) is 12.2 Å². The Hall–Kier alpha value is -1.68. The van der Waals surface area contributed by atoms with Crippen molar-refractivity contribution in [2.75, 3.05) is 0 Å². The van der Waals surface area contributed by atoms with Crippen LogP contribution >= 0.6 is 0 Å². The van der Waals surface area contributed by atoms with Gasteiger partial charge in [0.15, 0.2) is 5.79 Å². The molecule has 2 rings (SSSR count). The second kappa shape index (κ2) is 7.51. The fourth-order valence-electron chi connectivity index (χ4n) is 2.89. The molecule has 1 fully saturated rings. The Morgan fingerprint density at radius 1 is 1.35 bits per heavy atom. The minimum atomic E-state index is -1.61. The molecule has 2 aliphatic rings. The number of cyclic esters (lactones) is 1. The van der Waals surface area contributed by atoms with E-state index in [0.717, 1.165) is 0 Å². The number of hydrogen-bond donors (Lipinski definition) is 0. The average Bonchev–Trinajstić information content (AvgIpc) is 2.72. The van der Waals surface area contributed by atoms with Crippen LogP contribution in [0, 0.1) is 11.5 Å². The second-order valence-corrected chi connectivity index (χ2v) is 13.1. The summed E-state index contributed by atoms with van der Waals surface area (Å²) in [6.07, 6.45) is 6.83. The van der Waals surface area contributed by atoms with Crippen molar-refractivity contribution in [2.24, 2.45) is 0 Å². The van der Waals surface area contributed by atoms with Gasteiger partial charge in [0.25, 0.3) is 0 Å². The maximum atomic E-state index is 12.3. The Morgan fingerprint density at radius 3 is 2.65 bits per heavy atom. The van der Waals surface area contributed by atoms with E-state index < -0.39 is 25.6 Å². The molecular weight excluding hydrogens is 348 g/mol. The zero-order valence-corrected chi connectivity index (χ0v) is 17.4. The first-order chi connectivity index (χ1) is 11.9. The lowest BCUT2D eigenvalue weighted by Gasteiger charge is -2.26. The van der Waals surface area contributed by atoms with E-state index in [2.05, 4.69) is 31.1 Å². The predicted molar refractivity (Wildman–Crippen MR) is 102 cm³/mol. The third-order valence-electron chi connectivity index (χ3n) is 4.01. The summed E-state index contributed by atoms with van der Waals surface area (Å²) in [6, 6.07) is 0. The van der Waals surface area contributed by atoms with Crippen molar-refractivity contribution in [1.82, 2.24) is 0 Å². The van der Waals surface area contributed by atoms with E-state index in [-0.39, 0.29) is 24.3 Å². The van der Waals surface area contributed by atoms with Crippen LogP contribution < -0.4 is 0 Å². The first kappa shape index (κ1) is 20.6. The molecule has 0 bridgehead atoms. The molecule has 0 aromatic carbocycles. The molecule has 6 heteroatoms. The molecule has 2 aliphatic heterocycles. The Bertz CT molecular complexity index is 689. The van der Waals surface area contributed by atoms with Crippen LogP contribution in [0.25, 0.3) is 0 Å². The highest BCUT2D eigenvalue weighted by atomic mass is 28.3. The summed E-state index contributed by atoms with van der Waals surface area (Å²) in [5.41, 5.74) is 2.29. The van der Waals surface area contributed by atoms with Crippen LogP contribution in [0.3, 0.4) is 0 Å². The van der Waals surface area contributed by atoms with E-state index in [1.807, 2.05) is 26.8 Å². The van der Waals surface area contributed by atoms with Crippen molar-refractivity contribution in [1.29, 1.82) is 0 Å². The standard InChI is InChI=1S/C20H28O5Si/c1-19(2)24-17(14-15(21)11-13-26(4,5)6)20(3,25-19)12-10-16-8-7-9-18(22)23-16/h7,9-10,12,16-17H,8,14H2,1-6H3/t16-,17-,20-/m1/s1. The van der Waals surface area contributed by atoms with Gasteiger partial charge in [-0.2, -0.15) is 0 Å². The van der Waals surface area contributed by atoms with Gasteiger partial charge < -0.3 is 14.2 Å². The Labute approximate surface area is 156 Å². The summed E-state index contributed by atoms with van der Waals surface area (Å²) < 4.78 is 17.3. The van der Waals surface area contributed by atoms with Crippen molar-refractivity contribution >= 4 is 19.8 Å². The largest absolute Gasteiger partial charge is 0.455 e. The minimum absolute atomic E-state index is 0.148. The fourth-order valence-corrected chi connectivity index (χ4v) is 3.41. The first-order valence-corrected chi connectivity index (χ1v) is 12.4. The van der Waals surface area contributed by atoms with Gasteiger partial charge in [-0.25, -0.2) is 4.79 Å². The molecule has 0 spiro atoms. The summed E-state index contributed by atoms with van der Waals surface area (Å²) in [7, 11) is -1.61. The molecule has 3 atom stereocenters. The van der Waals surface area contributed by atoms with Crippen molar-refractivity contribution in [3.05, 3.63) is 24.3 Å². The first-order valence-electron chi connectivity index (χ1n) is 8.89. The monoisotopic (exact) mass is 376 g/mol.